The SMILES string of the molecule is COc1cc(C(=O)CCC(C)(O)c2cc3cc[nH]c3c(-c3ccc(F)c(C)c3)n2)ccc1OCCF. The topological polar surface area (TPSA) is 84.4 Å². The molecule has 6 nitrogen and oxygen atoms in total. The summed E-state index contributed by atoms with van der Waals surface area (Å²) in [6.45, 7) is 2.56. The molecule has 1 unspecified atom stereocenters. The van der Waals surface area contributed by atoms with E-state index in [1.54, 1.807) is 56.4 Å². The Balaban J connectivity index is 1.58. The molecule has 4 rings (SSSR count). The van der Waals surface area contributed by atoms with E-state index < -0.39 is 12.3 Å². The molecular formula is C28H28F2N2O4. The lowest BCUT2D eigenvalue weighted by molar-refractivity contribution is 0.0399. The van der Waals surface area contributed by atoms with Crippen LogP contribution in [0.1, 0.15) is 41.4 Å². The highest BCUT2D eigenvalue weighted by Crippen LogP contribution is 2.34. The number of ketones is 1. The number of alkyl halides is 1. The number of aromatic amines is 1. The summed E-state index contributed by atoms with van der Waals surface area (Å²) < 4.78 is 36.8. The summed E-state index contributed by atoms with van der Waals surface area (Å²) in [7, 11) is 1.44. The van der Waals surface area contributed by atoms with Gasteiger partial charge >= 0.3 is 0 Å². The zero-order chi connectivity index (χ0) is 25.9. The minimum Gasteiger partial charge on any atom is -0.493 e. The van der Waals surface area contributed by atoms with E-state index in [0.29, 0.717) is 34.0 Å². The van der Waals surface area contributed by atoms with Crippen LogP contribution in [0.4, 0.5) is 8.78 Å². The van der Waals surface area contributed by atoms with Gasteiger partial charge in [-0.25, -0.2) is 13.8 Å². The number of hydrogen-bond donors (Lipinski definition) is 2. The molecule has 0 spiro atoms. The van der Waals surface area contributed by atoms with Crippen molar-refractivity contribution in [2.75, 3.05) is 20.4 Å². The van der Waals surface area contributed by atoms with Gasteiger partial charge in [0.1, 0.15) is 24.7 Å². The molecule has 36 heavy (non-hydrogen) atoms. The fraction of sp³-hybridized carbons (Fsp3) is 0.286. The molecule has 2 aromatic carbocycles. The van der Waals surface area contributed by atoms with Crippen molar-refractivity contribution in [1.29, 1.82) is 0 Å². The largest absolute Gasteiger partial charge is 0.493 e. The molecule has 2 N–H and O–H groups in total. The molecule has 0 aliphatic carbocycles. The second kappa shape index (κ2) is 10.5. The Morgan fingerprint density at radius 3 is 2.67 bits per heavy atom. The zero-order valence-electron chi connectivity index (χ0n) is 20.4. The van der Waals surface area contributed by atoms with Crippen LogP contribution in [0.5, 0.6) is 11.5 Å². The Kier molecular flexibility index (Phi) is 7.35. The van der Waals surface area contributed by atoms with Crippen molar-refractivity contribution in [2.45, 2.75) is 32.3 Å². The number of carbonyl (C=O) groups excluding carboxylic acids is 1. The number of rotatable bonds is 10. The highest BCUT2D eigenvalue weighted by atomic mass is 19.1. The van der Waals surface area contributed by atoms with Crippen molar-refractivity contribution in [2.24, 2.45) is 0 Å². The van der Waals surface area contributed by atoms with Crippen molar-refractivity contribution >= 4 is 16.7 Å². The molecule has 0 saturated carbocycles. The number of nitrogens with one attached hydrogen (secondary N) is 1. The van der Waals surface area contributed by atoms with Gasteiger partial charge in [-0.2, -0.15) is 0 Å². The van der Waals surface area contributed by atoms with Gasteiger partial charge in [0, 0.05) is 29.1 Å². The molecule has 0 radical (unpaired) electrons. The normalized spacial score (nSPS) is 12.9. The first-order valence-corrected chi connectivity index (χ1v) is 11.6. The van der Waals surface area contributed by atoms with Crippen LogP contribution in [-0.4, -0.2) is 41.2 Å². The lowest BCUT2D eigenvalue weighted by Gasteiger charge is -2.23. The zero-order valence-corrected chi connectivity index (χ0v) is 20.4. The molecule has 1 atom stereocenters. The van der Waals surface area contributed by atoms with Crippen LogP contribution in [0.15, 0.2) is 54.7 Å². The van der Waals surface area contributed by atoms with E-state index in [1.807, 2.05) is 6.07 Å². The average molecular weight is 495 g/mol. The molecule has 0 fully saturated rings. The first kappa shape index (κ1) is 25.3. The second-order valence-corrected chi connectivity index (χ2v) is 8.86. The van der Waals surface area contributed by atoms with Gasteiger partial charge in [-0.05, 0) is 74.4 Å². The molecule has 4 aromatic rings. The highest BCUT2D eigenvalue weighted by molar-refractivity contribution is 5.97. The van der Waals surface area contributed by atoms with Gasteiger partial charge in [-0.15, -0.1) is 0 Å². The van der Waals surface area contributed by atoms with Crippen molar-refractivity contribution < 1.29 is 28.2 Å². The van der Waals surface area contributed by atoms with Gasteiger partial charge < -0.3 is 19.6 Å². The van der Waals surface area contributed by atoms with E-state index in [-0.39, 0.29) is 31.0 Å². The Labute approximate surface area is 207 Å². The van der Waals surface area contributed by atoms with Crippen LogP contribution >= 0.6 is 0 Å². The molecule has 188 valence electrons. The van der Waals surface area contributed by atoms with E-state index in [4.69, 9.17) is 14.5 Å². The summed E-state index contributed by atoms with van der Waals surface area (Å²) in [5.74, 6) is 0.190. The van der Waals surface area contributed by atoms with Crippen molar-refractivity contribution in [3.63, 3.8) is 0 Å². The molecule has 0 saturated heterocycles. The van der Waals surface area contributed by atoms with Crippen molar-refractivity contribution in [3.05, 3.63) is 77.4 Å². The maximum Gasteiger partial charge on any atom is 0.163 e. The number of aryl methyl sites for hydroxylation is 1. The number of aromatic nitrogens is 2. The van der Waals surface area contributed by atoms with E-state index in [9.17, 15) is 18.7 Å². The molecule has 0 aliphatic heterocycles. The number of halogens is 2. The molecule has 0 aliphatic rings. The van der Waals surface area contributed by atoms with Gasteiger partial charge in [-0.3, -0.25) is 4.79 Å². The Hall–Kier alpha value is -3.78. The molecule has 0 amide bonds. The molecule has 2 heterocycles. The van der Waals surface area contributed by atoms with E-state index in [0.717, 1.165) is 16.5 Å². The van der Waals surface area contributed by atoms with E-state index in [1.165, 1.54) is 13.2 Å². The summed E-state index contributed by atoms with van der Waals surface area (Å²) in [6, 6.07) is 13.1. The van der Waals surface area contributed by atoms with E-state index >= 15 is 0 Å². The van der Waals surface area contributed by atoms with Crippen LogP contribution < -0.4 is 9.47 Å². The lowest BCUT2D eigenvalue weighted by atomic mass is 9.91. The second-order valence-electron chi connectivity index (χ2n) is 8.86. The van der Waals surface area contributed by atoms with Crippen molar-refractivity contribution in [1.82, 2.24) is 9.97 Å². The van der Waals surface area contributed by atoms with Crippen LogP contribution in [0.3, 0.4) is 0 Å². The first-order chi connectivity index (χ1) is 17.2. The maximum atomic E-state index is 13.8. The molecule has 8 heteroatoms. The third-order valence-corrected chi connectivity index (χ3v) is 6.18. The number of carbonyl (C=O) groups is 1. The third-order valence-electron chi connectivity index (χ3n) is 6.18. The maximum absolute atomic E-state index is 13.8. The quantitative estimate of drug-likeness (QED) is 0.268. The monoisotopic (exact) mass is 494 g/mol. The predicted octanol–water partition coefficient (Wildman–Crippen LogP) is 5.90. The minimum atomic E-state index is -1.40. The van der Waals surface area contributed by atoms with Crippen molar-refractivity contribution in [3.8, 4) is 22.8 Å². The van der Waals surface area contributed by atoms with Gasteiger partial charge in [0.25, 0.3) is 0 Å². The Morgan fingerprint density at radius 2 is 1.94 bits per heavy atom. The summed E-state index contributed by atoms with van der Waals surface area (Å²) in [6.07, 6.45) is 1.96. The number of hydrogen-bond acceptors (Lipinski definition) is 5. The summed E-state index contributed by atoms with van der Waals surface area (Å²) in [4.78, 5) is 20.8. The van der Waals surface area contributed by atoms with Crippen LogP contribution in [-0.2, 0) is 5.60 Å². The standard InChI is InChI=1S/C28H28F2N2O4/c1-17-14-19(4-6-21(17)30)27-26-20(9-12-31-26)16-25(32-27)28(2,34)10-8-22(33)18-5-7-23(36-13-11-29)24(15-18)35-3/h4-7,9,12,14-16,31,34H,8,10-11,13H2,1-3H3. The highest BCUT2D eigenvalue weighted by Gasteiger charge is 2.28. The molecular weight excluding hydrogens is 466 g/mol. The Bertz CT molecular complexity index is 1400. The lowest BCUT2D eigenvalue weighted by Crippen LogP contribution is -2.24. The predicted molar refractivity (Wildman–Crippen MR) is 134 cm³/mol. The Morgan fingerprint density at radius 1 is 1.14 bits per heavy atom. The number of aliphatic hydroxyl groups is 1. The van der Waals surface area contributed by atoms with Crippen LogP contribution in [0.25, 0.3) is 22.2 Å². The fourth-order valence-electron chi connectivity index (χ4n) is 4.08. The first-order valence-electron chi connectivity index (χ1n) is 11.6. The number of benzene rings is 2. The van der Waals surface area contributed by atoms with Gasteiger partial charge in [0.15, 0.2) is 17.3 Å². The third kappa shape index (κ3) is 5.23. The number of Topliss-reactive ketones (excluding diaryl/α,β-unsaturated/α-hetero) is 1. The van der Waals surface area contributed by atoms with Gasteiger partial charge in [-0.1, -0.05) is 0 Å². The summed E-state index contributed by atoms with van der Waals surface area (Å²) in [5, 5.41) is 12.2. The number of ether oxygens (including phenoxy) is 2. The summed E-state index contributed by atoms with van der Waals surface area (Å²) in [5.41, 5.74) is 1.98. The summed E-state index contributed by atoms with van der Waals surface area (Å²) >= 11 is 0. The van der Waals surface area contributed by atoms with Gasteiger partial charge in [0.05, 0.1) is 24.0 Å². The minimum absolute atomic E-state index is 0.0542. The molecule has 2 aromatic heterocycles. The van der Waals surface area contributed by atoms with Gasteiger partial charge in [0.2, 0.25) is 0 Å². The number of nitrogens with zero attached hydrogens (tertiary/aromatic N) is 1. The number of H-pyrrole nitrogens is 1. The number of methoxy groups -OCH3 is 1. The molecule has 0 bridgehead atoms. The number of fused-ring (bicyclic) bond motifs is 1. The number of pyridine rings is 1. The van der Waals surface area contributed by atoms with Crippen LogP contribution in [0.2, 0.25) is 0 Å². The smallest absolute Gasteiger partial charge is 0.163 e. The van der Waals surface area contributed by atoms with E-state index in [2.05, 4.69) is 4.98 Å². The fourth-order valence-corrected chi connectivity index (χ4v) is 4.08. The van der Waals surface area contributed by atoms with Crippen LogP contribution in [0, 0.1) is 12.7 Å². The average Bonchev–Trinajstić information content (AvgIpc) is 3.36.